The number of aliphatic imine (C=N–C) groups is 1. The number of aromatic nitrogens is 1. The Kier molecular flexibility index (Phi) is 3.86. The van der Waals surface area contributed by atoms with Crippen molar-refractivity contribution in [3.05, 3.63) is 53.3 Å². The molecular formula is C17H18N2O2. The molecule has 0 atom stereocenters. The maximum Gasteiger partial charge on any atom is 0.161 e. The number of pyridine rings is 1. The molecule has 2 heterocycles. The van der Waals surface area contributed by atoms with E-state index in [0.29, 0.717) is 0 Å². The Morgan fingerprint density at radius 2 is 1.76 bits per heavy atom. The molecule has 0 N–H and O–H groups in total. The number of fused-ring (bicyclic) bond motifs is 1. The van der Waals surface area contributed by atoms with Crippen LogP contribution in [0.3, 0.4) is 0 Å². The van der Waals surface area contributed by atoms with Crippen molar-refractivity contribution in [1.82, 2.24) is 4.98 Å². The lowest BCUT2D eigenvalue weighted by molar-refractivity contribution is 0.354. The SMILES string of the molecule is COc1cc2c(cc1OC)C(Cc1ccncc1)=NCC2. The topological polar surface area (TPSA) is 43.7 Å². The lowest BCUT2D eigenvalue weighted by atomic mass is 9.93. The van der Waals surface area contributed by atoms with Gasteiger partial charge in [0.1, 0.15) is 0 Å². The summed E-state index contributed by atoms with van der Waals surface area (Å²) < 4.78 is 10.8. The molecule has 0 saturated heterocycles. The average Bonchev–Trinajstić information content (AvgIpc) is 2.55. The molecule has 1 aromatic heterocycles. The molecule has 0 amide bonds. The van der Waals surface area contributed by atoms with E-state index in [1.165, 1.54) is 11.1 Å². The molecule has 0 aliphatic carbocycles. The first kappa shape index (κ1) is 13.6. The second-order valence-electron chi connectivity index (χ2n) is 4.97. The third-order valence-corrected chi connectivity index (χ3v) is 3.73. The average molecular weight is 282 g/mol. The minimum absolute atomic E-state index is 0.751. The van der Waals surface area contributed by atoms with Gasteiger partial charge in [-0.3, -0.25) is 9.98 Å². The first-order valence-corrected chi connectivity index (χ1v) is 6.99. The summed E-state index contributed by atoms with van der Waals surface area (Å²) in [6, 6.07) is 8.15. The highest BCUT2D eigenvalue weighted by Gasteiger charge is 2.18. The van der Waals surface area contributed by atoms with Gasteiger partial charge >= 0.3 is 0 Å². The van der Waals surface area contributed by atoms with Crippen molar-refractivity contribution in [3.63, 3.8) is 0 Å². The fourth-order valence-electron chi connectivity index (χ4n) is 2.64. The highest BCUT2D eigenvalue weighted by Crippen LogP contribution is 2.33. The Morgan fingerprint density at radius 3 is 2.48 bits per heavy atom. The summed E-state index contributed by atoms with van der Waals surface area (Å²) >= 11 is 0. The van der Waals surface area contributed by atoms with Crippen LogP contribution in [0.2, 0.25) is 0 Å². The van der Waals surface area contributed by atoms with Crippen LogP contribution < -0.4 is 9.47 Å². The van der Waals surface area contributed by atoms with Gasteiger partial charge < -0.3 is 9.47 Å². The molecular weight excluding hydrogens is 264 g/mol. The van der Waals surface area contributed by atoms with E-state index in [-0.39, 0.29) is 0 Å². The summed E-state index contributed by atoms with van der Waals surface area (Å²) in [5.74, 6) is 1.53. The van der Waals surface area contributed by atoms with Crippen LogP contribution in [0.4, 0.5) is 0 Å². The Hall–Kier alpha value is -2.36. The van der Waals surface area contributed by atoms with Crippen molar-refractivity contribution in [3.8, 4) is 11.5 Å². The Morgan fingerprint density at radius 1 is 1.05 bits per heavy atom. The van der Waals surface area contributed by atoms with Gasteiger partial charge in [-0.05, 0) is 41.8 Å². The lowest BCUT2D eigenvalue weighted by Gasteiger charge is -2.19. The fourth-order valence-corrected chi connectivity index (χ4v) is 2.64. The van der Waals surface area contributed by atoms with Crippen LogP contribution in [0, 0.1) is 0 Å². The Balaban J connectivity index is 1.97. The van der Waals surface area contributed by atoms with Crippen molar-refractivity contribution >= 4 is 5.71 Å². The van der Waals surface area contributed by atoms with Crippen molar-refractivity contribution in [2.45, 2.75) is 12.8 Å². The van der Waals surface area contributed by atoms with E-state index >= 15 is 0 Å². The minimum Gasteiger partial charge on any atom is -0.493 e. The van der Waals surface area contributed by atoms with Crippen molar-refractivity contribution in [2.24, 2.45) is 4.99 Å². The predicted molar refractivity (Wildman–Crippen MR) is 82.6 cm³/mol. The number of benzene rings is 1. The van der Waals surface area contributed by atoms with Gasteiger partial charge in [0, 0.05) is 36.6 Å². The van der Waals surface area contributed by atoms with Gasteiger partial charge in [0.05, 0.1) is 14.2 Å². The molecule has 0 spiro atoms. The van der Waals surface area contributed by atoms with Crippen LogP contribution in [0.25, 0.3) is 0 Å². The van der Waals surface area contributed by atoms with Crippen molar-refractivity contribution in [2.75, 3.05) is 20.8 Å². The Bertz CT molecular complexity index is 666. The van der Waals surface area contributed by atoms with E-state index in [2.05, 4.69) is 11.1 Å². The number of rotatable bonds is 4. The van der Waals surface area contributed by atoms with E-state index in [0.717, 1.165) is 42.2 Å². The third-order valence-electron chi connectivity index (χ3n) is 3.73. The van der Waals surface area contributed by atoms with Gasteiger partial charge in [0.25, 0.3) is 0 Å². The van der Waals surface area contributed by atoms with Gasteiger partial charge in [-0.1, -0.05) is 0 Å². The van der Waals surface area contributed by atoms with E-state index < -0.39 is 0 Å². The van der Waals surface area contributed by atoms with E-state index in [1.807, 2.05) is 30.6 Å². The predicted octanol–water partition coefficient (Wildman–Crippen LogP) is 2.69. The highest BCUT2D eigenvalue weighted by molar-refractivity contribution is 6.04. The zero-order chi connectivity index (χ0) is 14.7. The van der Waals surface area contributed by atoms with Crippen molar-refractivity contribution in [1.29, 1.82) is 0 Å². The first-order valence-electron chi connectivity index (χ1n) is 6.99. The molecule has 3 rings (SSSR count). The molecule has 4 nitrogen and oxygen atoms in total. The maximum absolute atomic E-state index is 5.41. The summed E-state index contributed by atoms with van der Waals surface area (Å²) in [5.41, 5.74) is 4.75. The number of nitrogens with zero attached hydrogens (tertiary/aromatic N) is 2. The van der Waals surface area contributed by atoms with Gasteiger partial charge in [-0.25, -0.2) is 0 Å². The molecule has 0 radical (unpaired) electrons. The number of hydrogen-bond donors (Lipinski definition) is 0. The largest absolute Gasteiger partial charge is 0.493 e. The third kappa shape index (κ3) is 2.75. The molecule has 0 unspecified atom stereocenters. The summed E-state index contributed by atoms with van der Waals surface area (Å²) in [6.45, 7) is 0.822. The smallest absolute Gasteiger partial charge is 0.161 e. The molecule has 108 valence electrons. The molecule has 1 aliphatic heterocycles. The van der Waals surface area contributed by atoms with E-state index in [4.69, 9.17) is 14.5 Å². The fraction of sp³-hybridized carbons (Fsp3) is 0.294. The summed E-state index contributed by atoms with van der Waals surface area (Å²) in [6.07, 6.45) is 5.38. The quantitative estimate of drug-likeness (QED) is 0.866. The molecule has 4 heteroatoms. The summed E-state index contributed by atoms with van der Waals surface area (Å²) in [7, 11) is 3.33. The van der Waals surface area contributed by atoms with Gasteiger partial charge in [0.15, 0.2) is 11.5 Å². The number of ether oxygens (including phenoxy) is 2. The van der Waals surface area contributed by atoms with Crippen LogP contribution in [0.5, 0.6) is 11.5 Å². The van der Waals surface area contributed by atoms with Gasteiger partial charge in [-0.2, -0.15) is 0 Å². The minimum atomic E-state index is 0.751. The van der Waals surface area contributed by atoms with E-state index in [9.17, 15) is 0 Å². The molecule has 0 fully saturated rings. The normalized spacial score (nSPS) is 13.3. The second kappa shape index (κ2) is 5.95. The molecule has 21 heavy (non-hydrogen) atoms. The van der Waals surface area contributed by atoms with Gasteiger partial charge in [-0.15, -0.1) is 0 Å². The number of hydrogen-bond acceptors (Lipinski definition) is 4. The van der Waals surface area contributed by atoms with Crippen LogP contribution >= 0.6 is 0 Å². The standard InChI is InChI=1S/C17H18N2O2/c1-20-16-10-13-5-8-19-15(14(13)11-17(16)21-2)9-12-3-6-18-7-4-12/h3-4,6-7,10-11H,5,8-9H2,1-2H3. The molecule has 1 aromatic carbocycles. The molecule has 1 aliphatic rings. The Labute approximate surface area is 124 Å². The van der Waals surface area contributed by atoms with Crippen LogP contribution in [-0.2, 0) is 12.8 Å². The monoisotopic (exact) mass is 282 g/mol. The van der Waals surface area contributed by atoms with Gasteiger partial charge in [0.2, 0.25) is 0 Å². The number of methoxy groups -OCH3 is 2. The maximum atomic E-state index is 5.41. The summed E-state index contributed by atoms with van der Waals surface area (Å²) in [4.78, 5) is 8.75. The molecule has 0 saturated carbocycles. The highest BCUT2D eigenvalue weighted by atomic mass is 16.5. The van der Waals surface area contributed by atoms with E-state index in [1.54, 1.807) is 14.2 Å². The van der Waals surface area contributed by atoms with Crippen LogP contribution in [-0.4, -0.2) is 31.5 Å². The molecule has 2 aromatic rings. The van der Waals surface area contributed by atoms with Crippen molar-refractivity contribution < 1.29 is 9.47 Å². The lowest BCUT2D eigenvalue weighted by Crippen LogP contribution is -2.16. The first-order chi connectivity index (χ1) is 10.3. The van der Waals surface area contributed by atoms with Crippen LogP contribution in [0.15, 0.2) is 41.7 Å². The summed E-state index contributed by atoms with van der Waals surface area (Å²) in [5, 5.41) is 0. The second-order valence-corrected chi connectivity index (χ2v) is 4.97. The zero-order valence-corrected chi connectivity index (χ0v) is 12.3. The van der Waals surface area contributed by atoms with Crippen LogP contribution in [0.1, 0.15) is 16.7 Å². The molecule has 0 bridgehead atoms. The zero-order valence-electron chi connectivity index (χ0n) is 12.3.